The molecule has 0 fully saturated rings. The lowest BCUT2D eigenvalue weighted by Gasteiger charge is -2.15. The van der Waals surface area contributed by atoms with Crippen LogP contribution in [-0.4, -0.2) is 57.5 Å². The van der Waals surface area contributed by atoms with Gasteiger partial charge in [-0.3, -0.25) is 14.4 Å². The molecule has 11 nitrogen and oxygen atoms in total. The van der Waals surface area contributed by atoms with E-state index in [-0.39, 0.29) is 18.9 Å². The molecule has 0 saturated carbocycles. The fourth-order valence-corrected chi connectivity index (χ4v) is 1.83. The molecule has 0 radical (unpaired) electrons. The van der Waals surface area contributed by atoms with Gasteiger partial charge < -0.3 is 37.4 Å². The van der Waals surface area contributed by atoms with E-state index < -0.39 is 37.7 Å². The highest BCUT2D eigenvalue weighted by atomic mass is 31.2. The molecule has 2 atom stereocenters. The predicted molar refractivity (Wildman–Crippen MR) is 83.5 cm³/mol. The number of hydrogen-bond donors (Lipinski definition) is 7. The van der Waals surface area contributed by atoms with Crippen molar-refractivity contribution in [2.45, 2.75) is 24.9 Å². The van der Waals surface area contributed by atoms with E-state index in [9.17, 15) is 14.2 Å². The van der Waals surface area contributed by atoms with E-state index in [0.717, 1.165) is 12.2 Å². The first-order chi connectivity index (χ1) is 10.5. The Kier molecular flexibility index (Phi) is 9.11. The zero-order chi connectivity index (χ0) is 18.0. The van der Waals surface area contributed by atoms with Crippen LogP contribution in [0.1, 0.15) is 12.8 Å². The zero-order valence-electron chi connectivity index (χ0n) is 12.3. The number of carboxylic acid groups (broad SMARTS) is 1. The average molecular weight is 351 g/mol. The summed E-state index contributed by atoms with van der Waals surface area (Å²) in [5.41, 5.74) is 15.9. The Balaban J connectivity index is 4.46. The summed E-state index contributed by atoms with van der Waals surface area (Å²) in [5, 5.41) is 11.1. The number of carboxylic acids is 1. The van der Waals surface area contributed by atoms with E-state index in [1.54, 1.807) is 0 Å². The molecule has 12 heteroatoms. The van der Waals surface area contributed by atoms with Crippen LogP contribution in [0.5, 0.6) is 0 Å². The van der Waals surface area contributed by atoms with E-state index in [2.05, 4.69) is 10.3 Å². The molecule has 0 aromatic rings. The van der Waals surface area contributed by atoms with Gasteiger partial charge in [0, 0.05) is 6.54 Å². The van der Waals surface area contributed by atoms with Gasteiger partial charge in [-0.15, -0.1) is 0 Å². The van der Waals surface area contributed by atoms with Crippen LogP contribution in [0.3, 0.4) is 0 Å². The van der Waals surface area contributed by atoms with Gasteiger partial charge in [0.15, 0.2) is 5.96 Å². The molecule has 0 aliphatic rings. The Morgan fingerprint density at radius 1 is 1.30 bits per heavy atom. The van der Waals surface area contributed by atoms with Crippen molar-refractivity contribution >= 4 is 25.4 Å². The summed E-state index contributed by atoms with van der Waals surface area (Å²) >= 11 is 0. The quantitative estimate of drug-likeness (QED) is 0.0737. The Morgan fingerprint density at radius 2 is 1.91 bits per heavy atom. The predicted octanol–water partition coefficient (Wildman–Crippen LogP) is -2.33. The van der Waals surface area contributed by atoms with Crippen LogP contribution in [0, 0.1) is 0 Å². The maximum atomic E-state index is 11.8. The summed E-state index contributed by atoms with van der Waals surface area (Å²) in [4.78, 5) is 43.8. The van der Waals surface area contributed by atoms with Crippen molar-refractivity contribution in [1.29, 1.82) is 0 Å². The first kappa shape index (κ1) is 21.1. The third kappa shape index (κ3) is 11.3. The minimum absolute atomic E-state index is 0.0795. The van der Waals surface area contributed by atoms with Crippen molar-refractivity contribution in [2.75, 3.05) is 12.7 Å². The molecule has 23 heavy (non-hydrogen) atoms. The number of aliphatic imine (C=N–C) groups is 1. The Labute approximate surface area is 132 Å². The molecule has 0 rings (SSSR count). The van der Waals surface area contributed by atoms with E-state index in [0.29, 0.717) is 6.42 Å². The highest BCUT2D eigenvalue weighted by molar-refractivity contribution is 7.51. The van der Waals surface area contributed by atoms with Crippen molar-refractivity contribution in [2.24, 2.45) is 22.2 Å². The molecular weight excluding hydrogens is 329 g/mol. The summed E-state index contributed by atoms with van der Waals surface area (Å²) in [6.07, 6.45) is 2.01. The van der Waals surface area contributed by atoms with Crippen molar-refractivity contribution in [3.63, 3.8) is 0 Å². The average Bonchev–Trinajstić information content (AvgIpc) is 2.40. The Bertz CT molecular complexity index is 513. The molecular formula is C11H22N5O6P. The Hall–Kier alpha value is -1.94. The van der Waals surface area contributed by atoms with Gasteiger partial charge in [0.25, 0.3) is 0 Å². The summed E-state index contributed by atoms with van der Waals surface area (Å²) in [6.45, 7) is 0.286. The van der Waals surface area contributed by atoms with E-state index >= 15 is 0 Å². The van der Waals surface area contributed by atoms with E-state index in [1.807, 2.05) is 0 Å². The van der Waals surface area contributed by atoms with Crippen LogP contribution < -0.4 is 22.5 Å². The molecule has 0 aromatic heterocycles. The van der Waals surface area contributed by atoms with Crippen LogP contribution in [0.2, 0.25) is 0 Å². The molecule has 10 N–H and O–H groups in total. The van der Waals surface area contributed by atoms with Crippen LogP contribution >= 0.6 is 7.60 Å². The number of nitrogens with one attached hydrogen (secondary N) is 1. The standard InChI is InChI=1S/C11H22N5O6P/c12-7(3-1-5-15-11(13)14)9(17)16-8(10(18)19)4-2-6-23(20,21)22/h2,4,7-8H,1,3,5-6,12H2,(H,16,17)(H,18,19)(H4,13,14,15)(H2,20,21,22)/t7-,8-/m0/s1. The number of nitrogens with two attached hydrogens (primary N) is 3. The number of carbonyl (C=O) groups excluding carboxylic acids is 1. The summed E-state index contributed by atoms with van der Waals surface area (Å²) in [7, 11) is -4.28. The number of rotatable bonds is 10. The second-order valence-electron chi connectivity index (χ2n) is 4.66. The summed E-state index contributed by atoms with van der Waals surface area (Å²) in [6, 6.07) is -2.39. The molecule has 0 spiro atoms. The number of allylic oxidation sites excluding steroid dienone is 1. The first-order valence-electron chi connectivity index (χ1n) is 6.58. The number of hydrogen-bond acceptors (Lipinski definition) is 5. The van der Waals surface area contributed by atoms with Crippen LogP contribution in [0.15, 0.2) is 17.1 Å². The number of carbonyl (C=O) groups is 2. The third-order valence-electron chi connectivity index (χ3n) is 2.54. The molecule has 132 valence electrons. The van der Waals surface area contributed by atoms with Gasteiger partial charge in [-0.1, -0.05) is 12.2 Å². The lowest BCUT2D eigenvalue weighted by molar-refractivity contribution is -0.140. The molecule has 0 bridgehead atoms. The van der Waals surface area contributed by atoms with Gasteiger partial charge in [-0.25, -0.2) is 4.79 Å². The molecule has 1 amide bonds. The van der Waals surface area contributed by atoms with Gasteiger partial charge in [0.1, 0.15) is 6.04 Å². The number of amides is 1. The van der Waals surface area contributed by atoms with Gasteiger partial charge in [0.2, 0.25) is 5.91 Å². The van der Waals surface area contributed by atoms with Gasteiger partial charge in [-0.05, 0) is 12.8 Å². The largest absolute Gasteiger partial charge is 0.479 e. The van der Waals surface area contributed by atoms with Crippen molar-refractivity contribution in [3.8, 4) is 0 Å². The normalized spacial score (nSPS) is 14.2. The number of nitrogens with zero attached hydrogens (tertiary/aromatic N) is 1. The molecule has 0 unspecified atom stereocenters. The molecule has 0 aliphatic carbocycles. The lowest BCUT2D eigenvalue weighted by Crippen LogP contribution is -2.47. The third-order valence-corrected chi connectivity index (χ3v) is 3.23. The number of aliphatic carboxylic acids is 1. The monoisotopic (exact) mass is 351 g/mol. The Morgan fingerprint density at radius 3 is 2.39 bits per heavy atom. The summed E-state index contributed by atoms with van der Waals surface area (Å²) in [5.74, 6) is -2.17. The van der Waals surface area contributed by atoms with Crippen molar-refractivity contribution in [3.05, 3.63) is 12.2 Å². The minimum Gasteiger partial charge on any atom is -0.479 e. The smallest absolute Gasteiger partial charge is 0.330 e. The van der Waals surface area contributed by atoms with Gasteiger partial charge in [0.05, 0.1) is 12.2 Å². The van der Waals surface area contributed by atoms with Gasteiger partial charge >= 0.3 is 13.6 Å². The SMILES string of the molecule is NC(N)=NCCC[C@H](N)C(=O)N[C@@H](C=CCP(=O)(O)O)C(=O)O. The zero-order valence-corrected chi connectivity index (χ0v) is 13.2. The maximum Gasteiger partial charge on any atom is 0.330 e. The van der Waals surface area contributed by atoms with Crippen LogP contribution in [0.25, 0.3) is 0 Å². The molecule has 0 saturated heterocycles. The van der Waals surface area contributed by atoms with E-state index in [4.69, 9.17) is 32.1 Å². The molecule has 0 heterocycles. The topological polar surface area (TPSA) is 214 Å². The van der Waals surface area contributed by atoms with E-state index in [1.165, 1.54) is 0 Å². The summed E-state index contributed by atoms with van der Waals surface area (Å²) < 4.78 is 10.7. The maximum absolute atomic E-state index is 11.8. The fraction of sp³-hybridized carbons (Fsp3) is 0.545. The number of guanidine groups is 1. The highest BCUT2D eigenvalue weighted by Gasteiger charge is 2.21. The highest BCUT2D eigenvalue weighted by Crippen LogP contribution is 2.33. The second-order valence-corrected chi connectivity index (χ2v) is 6.35. The van der Waals surface area contributed by atoms with Crippen LogP contribution in [0.4, 0.5) is 0 Å². The molecule has 0 aromatic carbocycles. The van der Waals surface area contributed by atoms with Crippen molar-refractivity contribution in [1.82, 2.24) is 5.32 Å². The van der Waals surface area contributed by atoms with Gasteiger partial charge in [-0.2, -0.15) is 0 Å². The van der Waals surface area contributed by atoms with Crippen molar-refractivity contribution < 1.29 is 29.0 Å². The first-order valence-corrected chi connectivity index (χ1v) is 8.38. The second kappa shape index (κ2) is 9.95. The van der Waals surface area contributed by atoms with Crippen LogP contribution in [-0.2, 0) is 14.2 Å². The lowest BCUT2D eigenvalue weighted by atomic mass is 10.1. The fourth-order valence-electron chi connectivity index (χ4n) is 1.44. The minimum atomic E-state index is -4.28. The molecule has 0 aliphatic heterocycles.